The molecule has 0 radical (unpaired) electrons. The highest BCUT2D eigenvalue weighted by Gasteiger charge is 2.17. The van der Waals surface area contributed by atoms with Gasteiger partial charge >= 0.3 is 5.97 Å². The number of pyridine rings is 1. The van der Waals surface area contributed by atoms with Gasteiger partial charge in [-0.05, 0) is 24.3 Å². The van der Waals surface area contributed by atoms with Crippen LogP contribution in [0.15, 0.2) is 48.9 Å². The Hall–Kier alpha value is -4.05. The normalized spacial score (nSPS) is 13.8. The summed E-state index contributed by atoms with van der Waals surface area (Å²) in [4.78, 5) is 31.9. The van der Waals surface area contributed by atoms with Crippen molar-refractivity contribution < 1.29 is 14.3 Å². The van der Waals surface area contributed by atoms with Gasteiger partial charge in [0.05, 0.1) is 55.3 Å². The van der Waals surface area contributed by atoms with Crippen molar-refractivity contribution in [3.63, 3.8) is 0 Å². The van der Waals surface area contributed by atoms with Crippen LogP contribution in [0.2, 0.25) is 0 Å². The highest BCUT2D eigenvalue weighted by Crippen LogP contribution is 2.27. The Labute approximate surface area is 190 Å². The van der Waals surface area contributed by atoms with E-state index < -0.39 is 5.97 Å². The van der Waals surface area contributed by atoms with Gasteiger partial charge in [-0.25, -0.2) is 19.7 Å². The molecule has 33 heavy (non-hydrogen) atoms. The second-order valence-electron chi connectivity index (χ2n) is 7.65. The molecular formula is C23H23N7O3. The molecule has 1 aliphatic heterocycles. The zero-order valence-electron chi connectivity index (χ0n) is 18.4. The first-order valence-electron chi connectivity index (χ1n) is 10.6. The number of rotatable bonds is 5. The summed E-state index contributed by atoms with van der Waals surface area (Å²) in [5.74, 6) is 0.763. The summed E-state index contributed by atoms with van der Waals surface area (Å²) in [6, 6.07) is 11.4. The fourth-order valence-electron chi connectivity index (χ4n) is 3.69. The van der Waals surface area contributed by atoms with E-state index in [2.05, 4.69) is 20.2 Å². The van der Waals surface area contributed by atoms with Crippen molar-refractivity contribution in [2.24, 2.45) is 7.05 Å². The van der Waals surface area contributed by atoms with Gasteiger partial charge in [-0.15, -0.1) is 0 Å². The van der Waals surface area contributed by atoms with Crippen LogP contribution >= 0.6 is 0 Å². The lowest BCUT2D eigenvalue weighted by atomic mass is 10.1. The Morgan fingerprint density at radius 1 is 1.09 bits per heavy atom. The molecule has 3 aromatic heterocycles. The van der Waals surface area contributed by atoms with Gasteiger partial charge in [0.1, 0.15) is 11.5 Å². The number of anilines is 3. The van der Waals surface area contributed by atoms with E-state index in [4.69, 9.17) is 19.4 Å². The van der Waals surface area contributed by atoms with Crippen molar-refractivity contribution in [3.05, 3.63) is 54.6 Å². The van der Waals surface area contributed by atoms with Crippen molar-refractivity contribution in [1.82, 2.24) is 24.5 Å². The zero-order valence-corrected chi connectivity index (χ0v) is 18.4. The zero-order chi connectivity index (χ0) is 22.8. The number of ether oxygens (including phenoxy) is 2. The minimum Gasteiger partial charge on any atom is -0.464 e. The smallest absolute Gasteiger partial charge is 0.356 e. The number of nitrogens with one attached hydrogen (secondary N) is 1. The fourth-order valence-corrected chi connectivity index (χ4v) is 3.69. The average molecular weight is 445 g/mol. The molecule has 0 amide bonds. The van der Waals surface area contributed by atoms with E-state index in [-0.39, 0.29) is 5.69 Å². The quantitative estimate of drug-likeness (QED) is 0.464. The Kier molecular flexibility index (Phi) is 5.57. The molecule has 1 saturated heterocycles. The van der Waals surface area contributed by atoms with Gasteiger partial charge in [-0.2, -0.15) is 4.98 Å². The van der Waals surface area contributed by atoms with Gasteiger partial charge in [-0.1, -0.05) is 6.07 Å². The lowest BCUT2D eigenvalue weighted by Gasteiger charge is -2.27. The molecule has 1 N–H and O–H groups in total. The number of carbonyl (C=O) groups is 1. The first kappa shape index (κ1) is 20.8. The summed E-state index contributed by atoms with van der Waals surface area (Å²) in [7, 11) is 3.30. The van der Waals surface area contributed by atoms with Crippen molar-refractivity contribution in [2.75, 3.05) is 43.6 Å². The molecule has 1 aliphatic rings. The third-order valence-electron chi connectivity index (χ3n) is 5.46. The molecule has 168 valence electrons. The molecule has 0 aliphatic carbocycles. The lowest BCUT2D eigenvalue weighted by molar-refractivity contribution is 0.0594. The van der Waals surface area contributed by atoms with E-state index >= 15 is 0 Å². The van der Waals surface area contributed by atoms with Crippen LogP contribution in [0, 0.1) is 0 Å². The van der Waals surface area contributed by atoms with Crippen molar-refractivity contribution in [2.45, 2.75) is 0 Å². The lowest BCUT2D eigenvalue weighted by Crippen LogP contribution is -2.37. The summed E-state index contributed by atoms with van der Waals surface area (Å²) in [5.41, 5.74) is 4.61. The predicted molar refractivity (Wildman–Crippen MR) is 124 cm³/mol. The first-order valence-corrected chi connectivity index (χ1v) is 10.6. The minimum absolute atomic E-state index is 0.240. The third kappa shape index (κ3) is 4.33. The second kappa shape index (κ2) is 8.83. The third-order valence-corrected chi connectivity index (χ3v) is 5.46. The number of aromatic nitrogens is 5. The fraction of sp³-hybridized carbons (Fsp3) is 0.261. The van der Waals surface area contributed by atoms with Crippen LogP contribution in [-0.4, -0.2) is 63.9 Å². The molecule has 4 aromatic rings. The Balaban J connectivity index is 1.51. The minimum atomic E-state index is -0.481. The summed E-state index contributed by atoms with van der Waals surface area (Å²) in [6.07, 6.45) is 3.37. The number of fused-ring (bicyclic) bond motifs is 1. The molecule has 0 atom stereocenters. The van der Waals surface area contributed by atoms with Crippen LogP contribution in [0.4, 0.5) is 17.5 Å². The van der Waals surface area contributed by atoms with Crippen molar-refractivity contribution in [3.8, 4) is 11.3 Å². The van der Waals surface area contributed by atoms with E-state index in [9.17, 15) is 4.79 Å². The maximum Gasteiger partial charge on any atom is 0.356 e. The van der Waals surface area contributed by atoms with Crippen LogP contribution < -0.4 is 10.2 Å². The van der Waals surface area contributed by atoms with Gasteiger partial charge in [-0.3, -0.25) is 0 Å². The highest BCUT2D eigenvalue weighted by atomic mass is 16.5. The maximum atomic E-state index is 11.7. The van der Waals surface area contributed by atoms with Crippen LogP contribution in [0.1, 0.15) is 10.5 Å². The number of methoxy groups -OCH3 is 1. The number of esters is 1. The number of hydrogen-bond acceptors (Lipinski definition) is 9. The van der Waals surface area contributed by atoms with Gasteiger partial charge in [0.2, 0.25) is 5.95 Å². The topological polar surface area (TPSA) is 107 Å². The number of carbonyl (C=O) groups excluding carboxylic acids is 1. The Morgan fingerprint density at radius 2 is 1.94 bits per heavy atom. The van der Waals surface area contributed by atoms with E-state index in [0.717, 1.165) is 35.4 Å². The standard InChI is InChI=1S/C23H23N7O3/c1-29-14-25-19-11-15(3-6-20(19)29)18-12-21(28-23(27-18)30-7-9-33-10-8-30)26-16-4-5-17(24-13-16)22(31)32-2/h3-6,11-14H,7-10H2,1-2H3,(H,26,27,28). The van der Waals surface area contributed by atoms with Crippen LogP contribution in [0.3, 0.4) is 0 Å². The number of hydrogen-bond donors (Lipinski definition) is 1. The molecular weight excluding hydrogens is 422 g/mol. The van der Waals surface area contributed by atoms with E-state index in [0.29, 0.717) is 30.7 Å². The Morgan fingerprint density at radius 3 is 2.70 bits per heavy atom. The predicted octanol–water partition coefficient (Wildman–Crippen LogP) is 2.79. The number of nitrogens with zero attached hydrogens (tertiary/aromatic N) is 6. The number of morpholine rings is 1. The Bertz CT molecular complexity index is 1300. The van der Waals surface area contributed by atoms with E-state index in [1.54, 1.807) is 24.7 Å². The largest absolute Gasteiger partial charge is 0.464 e. The van der Waals surface area contributed by atoms with Crippen molar-refractivity contribution in [1.29, 1.82) is 0 Å². The number of benzene rings is 1. The van der Waals surface area contributed by atoms with Crippen LogP contribution in [0.5, 0.6) is 0 Å². The summed E-state index contributed by atoms with van der Waals surface area (Å²) < 4.78 is 12.2. The molecule has 0 bridgehead atoms. The molecule has 1 aromatic carbocycles. The van der Waals surface area contributed by atoms with Gasteiger partial charge in [0.15, 0.2) is 0 Å². The molecule has 0 saturated carbocycles. The van der Waals surface area contributed by atoms with Crippen LogP contribution in [0.25, 0.3) is 22.3 Å². The molecule has 1 fully saturated rings. The van der Waals surface area contributed by atoms with Gasteiger partial charge < -0.3 is 24.3 Å². The molecule has 4 heterocycles. The van der Waals surface area contributed by atoms with Crippen molar-refractivity contribution >= 4 is 34.5 Å². The maximum absolute atomic E-state index is 11.7. The molecule has 10 nitrogen and oxygen atoms in total. The average Bonchev–Trinajstić information content (AvgIpc) is 3.24. The molecule has 0 spiro atoms. The number of aryl methyl sites for hydroxylation is 1. The van der Waals surface area contributed by atoms with Crippen LogP contribution in [-0.2, 0) is 16.5 Å². The molecule has 5 rings (SSSR count). The van der Waals surface area contributed by atoms with E-state index in [1.807, 2.05) is 35.9 Å². The molecule has 0 unspecified atom stereocenters. The second-order valence-corrected chi connectivity index (χ2v) is 7.65. The SMILES string of the molecule is COC(=O)c1ccc(Nc2cc(-c3ccc4c(c3)ncn4C)nc(N3CCOCC3)n2)cn1. The summed E-state index contributed by atoms with van der Waals surface area (Å²) in [5, 5.41) is 3.28. The van der Waals surface area contributed by atoms with Gasteiger partial charge in [0.25, 0.3) is 0 Å². The number of imidazole rings is 1. The highest BCUT2D eigenvalue weighted by molar-refractivity contribution is 5.87. The summed E-state index contributed by atoms with van der Waals surface area (Å²) in [6.45, 7) is 2.71. The summed E-state index contributed by atoms with van der Waals surface area (Å²) >= 11 is 0. The first-order chi connectivity index (χ1) is 16.1. The molecule has 10 heteroatoms. The monoisotopic (exact) mass is 445 g/mol. The van der Waals surface area contributed by atoms with Gasteiger partial charge in [0, 0.05) is 31.8 Å². The van der Waals surface area contributed by atoms with E-state index in [1.165, 1.54) is 7.11 Å².